The number of quaternary nitrogens is 1. The van der Waals surface area contributed by atoms with E-state index in [9.17, 15) is 0 Å². The minimum Gasteiger partial charge on any atom is -1.00 e. The molecule has 0 bridgehead atoms. The van der Waals surface area contributed by atoms with Crippen molar-refractivity contribution in [1.82, 2.24) is 0 Å². The van der Waals surface area contributed by atoms with Crippen molar-refractivity contribution in [2.24, 2.45) is 0 Å². The van der Waals surface area contributed by atoms with E-state index in [0.717, 1.165) is 22.5 Å². The molecule has 0 aliphatic heterocycles. The summed E-state index contributed by atoms with van der Waals surface area (Å²) in [5.74, 6) is 3.10. The van der Waals surface area contributed by atoms with Crippen LogP contribution in [0.2, 0.25) is 5.02 Å². The first-order valence-corrected chi connectivity index (χ1v) is 17.9. The van der Waals surface area contributed by atoms with Crippen molar-refractivity contribution in [2.45, 2.75) is 153 Å². The molecule has 1 rings (SSSR count). The molecule has 0 aromatic heterocycles. The molecule has 1 unspecified atom stereocenters. The molecular formula is C35H60Cl2IN. The van der Waals surface area contributed by atoms with E-state index in [4.69, 9.17) is 18.0 Å². The van der Waals surface area contributed by atoms with Gasteiger partial charge in [-0.05, 0) is 71.9 Å². The summed E-state index contributed by atoms with van der Waals surface area (Å²) in [5.41, 5.74) is 1.37. The Labute approximate surface area is 269 Å². The average Bonchev–Trinajstić information content (AvgIpc) is 2.92. The third kappa shape index (κ3) is 19.7. The van der Waals surface area contributed by atoms with Crippen LogP contribution in [-0.4, -0.2) is 28.2 Å². The number of halogens is 3. The molecule has 0 amide bonds. The first-order valence-electron chi connectivity index (χ1n) is 16.3. The van der Waals surface area contributed by atoms with Crippen molar-refractivity contribution in [3.8, 4) is 12.3 Å². The fourth-order valence-corrected chi connectivity index (χ4v) is 7.06. The number of benzene rings is 1. The van der Waals surface area contributed by atoms with E-state index in [1.807, 2.05) is 12.1 Å². The maximum absolute atomic E-state index is 6.16. The molecule has 0 aliphatic carbocycles. The topological polar surface area (TPSA) is 0 Å². The molecular weight excluding hydrogens is 632 g/mol. The van der Waals surface area contributed by atoms with Crippen molar-refractivity contribution in [1.29, 1.82) is 0 Å². The number of unbranched alkanes of at least 4 members (excludes halogenated alkanes) is 18. The van der Waals surface area contributed by atoms with E-state index in [1.165, 1.54) is 147 Å². The van der Waals surface area contributed by atoms with E-state index in [0.29, 0.717) is 4.05 Å². The Bertz CT molecular complexity index is 676. The summed E-state index contributed by atoms with van der Waals surface area (Å²) in [4.78, 5) is 0. The quantitative estimate of drug-likeness (QED) is 0.0227. The number of nitrogens with zero attached hydrogens (tertiary/aromatic N) is 1. The van der Waals surface area contributed by atoms with Gasteiger partial charge in [-0.2, -0.15) is 0 Å². The molecule has 1 aromatic rings. The second-order valence-electron chi connectivity index (χ2n) is 11.7. The van der Waals surface area contributed by atoms with Gasteiger partial charge in [0.1, 0.15) is 10.6 Å². The van der Waals surface area contributed by atoms with Crippen molar-refractivity contribution in [3.63, 3.8) is 0 Å². The second-order valence-corrected chi connectivity index (χ2v) is 13.5. The summed E-state index contributed by atoms with van der Waals surface area (Å²) in [6.45, 7) is 7.89. The molecule has 1 nitrogen and oxygen atoms in total. The van der Waals surface area contributed by atoms with Crippen molar-refractivity contribution in [3.05, 3.63) is 34.9 Å². The van der Waals surface area contributed by atoms with Crippen LogP contribution in [0.15, 0.2) is 24.3 Å². The summed E-state index contributed by atoms with van der Waals surface area (Å²) < 4.78 is 1.58. The molecule has 0 spiro atoms. The van der Waals surface area contributed by atoms with Crippen molar-refractivity contribution in [2.75, 3.05) is 19.6 Å². The van der Waals surface area contributed by atoms with Crippen LogP contribution in [0.5, 0.6) is 0 Å². The highest BCUT2D eigenvalue weighted by Gasteiger charge is 2.33. The zero-order valence-corrected chi connectivity index (χ0v) is 29.2. The Morgan fingerprint density at radius 3 is 1.38 bits per heavy atom. The van der Waals surface area contributed by atoms with Crippen LogP contribution >= 0.6 is 34.2 Å². The van der Waals surface area contributed by atoms with Gasteiger partial charge in [-0.15, -0.1) is 6.42 Å². The minimum absolute atomic E-state index is 0. The predicted molar refractivity (Wildman–Crippen MR) is 180 cm³/mol. The summed E-state index contributed by atoms with van der Waals surface area (Å²) >= 11 is 8.88. The van der Waals surface area contributed by atoms with Gasteiger partial charge in [0.25, 0.3) is 0 Å². The monoisotopic (exact) mass is 691 g/mol. The lowest BCUT2D eigenvalue weighted by Gasteiger charge is -2.42. The van der Waals surface area contributed by atoms with Crippen LogP contribution in [0.1, 0.15) is 148 Å². The zero-order chi connectivity index (χ0) is 27.7. The van der Waals surface area contributed by atoms with Crippen LogP contribution in [-0.2, 0) is 6.42 Å². The molecule has 0 saturated carbocycles. The number of alkyl halides is 1. The minimum atomic E-state index is 0. The van der Waals surface area contributed by atoms with E-state index in [2.05, 4.69) is 54.5 Å². The molecule has 1 atom stereocenters. The van der Waals surface area contributed by atoms with Crippen LogP contribution in [0, 0.1) is 12.3 Å². The van der Waals surface area contributed by atoms with Crippen molar-refractivity contribution < 1.29 is 16.9 Å². The molecule has 0 heterocycles. The van der Waals surface area contributed by atoms with Gasteiger partial charge in [-0.3, -0.25) is 0 Å². The van der Waals surface area contributed by atoms with Gasteiger partial charge >= 0.3 is 0 Å². The molecule has 226 valence electrons. The summed E-state index contributed by atoms with van der Waals surface area (Å²) in [6.07, 6.45) is 34.8. The van der Waals surface area contributed by atoms with Crippen LogP contribution in [0.25, 0.3) is 0 Å². The zero-order valence-electron chi connectivity index (χ0n) is 25.5. The molecule has 0 aliphatic rings. The molecule has 39 heavy (non-hydrogen) atoms. The van der Waals surface area contributed by atoms with Crippen LogP contribution in [0.3, 0.4) is 0 Å². The Balaban J connectivity index is 0.0000144. The summed E-state index contributed by atoms with van der Waals surface area (Å²) in [6, 6.07) is 8.44. The smallest absolute Gasteiger partial charge is 0.144 e. The Hall–Kier alpha value is 0.0500. The SMILES string of the molecule is C#CC[N+](CCCCCCCCCCCC)(CCCCCCCCCCCC)C(I)Cc1ccc(Cl)cc1.[Cl-]. The highest BCUT2D eigenvalue weighted by atomic mass is 127. The lowest BCUT2D eigenvalue weighted by Crippen LogP contribution is -3.00. The normalized spacial score (nSPS) is 12.2. The maximum Gasteiger partial charge on any atom is 0.144 e. The van der Waals surface area contributed by atoms with Gasteiger partial charge in [0.2, 0.25) is 0 Å². The highest BCUT2D eigenvalue weighted by molar-refractivity contribution is 14.1. The van der Waals surface area contributed by atoms with Crippen LogP contribution in [0.4, 0.5) is 0 Å². The van der Waals surface area contributed by atoms with E-state index in [1.54, 1.807) is 0 Å². The van der Waals surface area contributed by atoms with E-state index < -0.39 is 0 Å². The molecule has 1 aromatic carbocycles. The Morgan fingerprint density at radius 1 is 0.667 bits per heavy atom. The fraction of sp³-hybridized carbons (Fsp3) is 0.771. The van der Waals surface area contributed by atoms with Gasteiger partial charge in [-0.25, -0.2) is 0 Å². The van der Waals surface area contributed by atoms with Gasteiger partial charge in [-0.1, -0.05) is 140 Å². The summed E-state index contributed by atoms with van der Waals surface area (Å²) in [7, 11) is 0. The molecule has 0 radical (unpaired) electrons. The molecule has 0 N–H and O–H groups in total. The molecule has 0 fully saturated rings. The fourth-order valence-electron chi connectivity index (χ4n) is 5.67. The largest absolute Gasteiger partial charge is 1.00 e. The lowest BCUT2D eigenvalue weighted by molar-refractivity contribution is -0.927. The molecule has 4 heteroatoms. The summed E-state index contributed by atoms with van der Waals surface area (Å²) in [5, 5.41) is 0.818. The van der Waals surface area contributed by atoms with Gasteiger partial charge in [0.05, 0.1) is 13.1 Å². The highest BCUT2D eigenvalue weighted by Crippen LogP contribution is 2.27. The number of hydrogen-bond donors (Lipinski definition) is 0. The third-order valence-corrected chi connectivity index (χ3v) is 10.1. The number of hydrogen-bond acceptors (Lipinski definition) is 0. The Kier molecular flexibility index (Phi) is 27.0. The first kappa shape index (κ1) is 39.0. The number of rotatable bonds is 26. The van der Waals surface area contributed by atoms with Crippen molar-refractivity contribution >= 4 is 34.2 Å². The van der Waals surface area contributed by atoms with Gasteiger partial charge in [0.15, 0.2) is 0 Å². The van der Waals surface area contributed by atoms with Gasteiger partial charge in [0, 0.05) is 11.4 Å². The first-order chi connectivity index (χ1) is 18.6. The maximum atomic E-state index is 6.16. The average molecular weight is 693 g/mol. The standard InChI is InChI=1S/C35H60ClIN.ClH/c1-4-7-9-11-13-15-17-19-21-23-30-38(29-6-3,35(37)32-33-25-27-34(36)28-26-33)31-24-22-20-18-16-14-12-10-8-5-2;/h3,25-28,35H,4-5,7-24,29-32H2,1-2H3;1H/q+1;/p-1. The lowest BCUT2D eigenvalue weighted by atomic mass is 10.0. The van der Waals surface area contributed by atoms with Crippen LogP contribution < -0.4 is 12.4 Å². The number of terminal acetylenes is 1. The second kappa shape index (κ2) is 26.9. The van der Waals surface area contributed by atoms with E-state index in [-0.39, 0.29) is 12.4 Å². The Morgan fingerprint density at radius 2 is 1.03 bits per heavy atom. The van der Waals surface area contributed by atoms with Gasteiger partial charge < -0.3 is 16.9 Å². The third-order valence-electron chi connectivity index (χ3n) is 8.23. The predicted octanol–water partition coefficient (Wildman–Crippen LogP) is 8.94. The molecule has 0 saturated heterocycles. The van der Waals surface area contributed by atoms with E-state index >= 15 is 0 Å².